The molecule has 0 spiro atoms. The first-order valence-electron chi connectivity index (χ1n) is 9.32. The quantitative estimate of drug-likeness (QED) is 0.449. The highest BCUT2D eigenvalue weighted by molar-refractivity contribution is 4.88. The van der Waals surface area contributed by atoms with E-state index in [1.165, 1.54) is 25.7 Å². The first kappa shape index (κ1) is 18.1. The molecule has 0 bridgehead atoms. The summed E-state index contributed by atoms with van der Waals surface area (Å²) in [6.07, 6.45) is 5.36. The van der Waals surface area contributed by atoms with E-state index in [0.717, 1.165) is 32.7 Å². The summed E-state index contributed by atoms with van der Waals surface area (Å²) >= 11 is 0. The molecule has 0 radical (unpaired) electrons. The van der Waals surface area contributed by atoms with Crippen molar-refractivity contribution >= 4 is 0 Å². The number of hydrogen-bond acceptors (Lipinski definition) is 5. The molecule has 0 amide bonds. The van der Waals surface area contributed by atoms with Crippen molar-refractivity contribution in [1.82, 2.24) is 26.6 Å². The minimum atomic E-state index is 0.519. The van der Waals surface area contributed by atoms with Crippen LogP contribution in [0.3, 0.4) is 0 Å². The van der Waals surface area contributed by atoms with Crippen molar-refractivity contribution in [3.63, 3.8) is 0 Å². The van der Waals surface area contributed by atoms with Crippen molar-refractivity contribution in [2.45, 2.75) is 76.7 Å². The summed E-state index contributed by atoms with van der Waals surface area (Å²) in [6, 6.07) is 2.83. The molecule has 5 N–H and O–H groups in total. The van der Waals surface area contributed by atoms with Gasteiger partial charge >= 0.3 is 0 Å². The van der Waals surface area contributed by atoms with Gasteiger partial charge in [-0.1, -0.05) is 12.8 Å². The van der Waals surface area contributed by atoms with Crippen molar-refractivity contribution in [2.75, 3.05) is 32.7 Å². The lowest BCUT2D eigenvalue weighted by Gasteiger charge is -2.34. The van der Waals surface area contributed by atoms with Crippen molar-refractivity contribution in [3.8, 4) is 0 Å². The normalized spacial score (nSPS) is 40.2. The Labute approximate surface area is 136 Å². The Morgan fingerprint density at radius 2 is 0.955 bits per heavy atom. The molecular formula is C17H37N5. The van der Waals surface area contributed by atoms with Gasteiger partial charge in [0.25, 0.3) is 0 Å². The van der Waals surface area contributed by atoms with E-state index in [4.69, 9.17) is 0 Å². The topological polar surface area (TPSA) is 60.1 Å². The molecule has 1 aliphatic carbocycles. The summed E-state index contributed by atoms with van der Waals surface area (Å²) in [6.45, 7) is 12.0. The molecule has 0 aromatic heterocycles. The molecule has 2 fully saturated rings. The molecule has 22 heavy (non-hydrogen) atoms. The fourth-order valence-corrected chi connectivity index (χ4v) is 3.51. The third-order valence-electron chi connectivity index (χ3n) is 5.02. The van der Waals surface area contributed by atoms with Gasteiger partial charge in [-0.05, 0) is 33.6 Å². The van der Waals surface area contributed by atoms with E-state index in [2.05, 4.69) is 47.4 Å². The van der Waals surface area contributed by atoms with Crippen LogP contribution in [0, 0.1) is 0 Å². The summed E-state index contributed by atoms with van der Waals surface area (Å²) in [5.74, 6) is 0. The predicted octanol–water partition coefficient (Wildman–Crippen LogP) is 0.425. The van der Waals surface area contributed by atoms with E-state index in [1.54, 1.807) is 0 Å². The number of nitrogens with one attached hydrogen (secondary N) is 5. The van der Waals surface area contributed by atoms with Gasteiger partial charge in [-0.2, -0.15) is 0 Å². The molecule has 2 aliphatic rings. The highest BCUT2D eigenvalue weighted by atomic mass is 15.1. The molecule has 0 aromatic rings. The van der Waals surface area contributed by atoms with Crippen LogP contribution in [-0.4, -0.2) is 62.9 Å². The second kappa shape index (κ2) is 9.83. The second-order valence-corrected chi connectivity index (χ2v) is 7.33. The maximum absolute atomic E-state index is 3.80. The summed E-state index contributed by atoms with van der Waals surface area (Å²) in [7, 11) is 0. The van der Waals surface area contributed by atoms with Crippen LogP contribution in [0.25, 0.3) is 0 Å². The molecule has 1 aliphatic heterocycles. The van der Waals surface area contributed by atoms with Gasteiger partial charge in [-0.25, -0.2) is 0 Å². The SMILES string of the molecule is C[C@@H]1CN[C@@H](C)CNC2CCCCC2NC[C@H](C)NCCN1. The van der Waals surface area contributed by atoms with Gasteiger partial charge in [-0.15, -0.1) is 0 Å². The van der Waals surface area contributed by atoms with Gasteiger partial charge in [-0.3, -0.25) is 0 Å². The Balaban J connectivity index is 1.88. The maximum atomic E-state index is 3.80. The van der Waals surface area contributed by atoms with E-state index < -0.39 is 0 Å². The number of fused-ring (bicyclic) bond motifs is 1. The molecule has 2 unspecified atom stereocenters. The minimum absolute atomic E-state index is 0.519. The van der Waals surface area contributed by atoms with Crippen LogP contribution in [0.5, 0.6) is 0 Å². The summed E-state index contributed by atoms with van der Waals surface area (Å²) in [5, 5.41) is 18.4. The van der Waals surface area contributed by atoms with Crippen LogP contribution in [0.15, 0.2) is 0 Å². The highest BCUT2D eigenvalue weighted by Gasteiger charge is 2.25. The lowest BCUT2D eigenvalue weighted by molar-refractivity contribution is 0.271. The van der Waals surface area contributed by atoms with Gasteiger partial charge in [0, 0.05) is 62.9 Å². The molecule has 5 nitrogen and oxygen atoms in total. The fourth-order valence-electron chi connectivity index (χ4n) is 3.51. The monoisotopic (exact) mass is 311 g/mol. The van der Waals surface area contributed by atoms with Crippen molar-refractivity contribution < 1.29 is 0 Å². The molecule has 0 aromatic carbocycles. The first-order valence-corrected chi connectivity index (χ1v) is 9.32. The van der Waals surface area contributed by atoms with E-state index >= 15 is 0 Å². The van der Waals surface area contributed by atoms with Crippen LogP contribution in [0.4, 0.5) is 0 Å². The molecule has 1 heterocycles. The van der Waals surface area contributed by atoms with Gasteiger partial charge in [0.1, 0.15) is 0 Å². The Morgan fingerprint density at radius 1 is 0.545 bits per heavy atom. The summed E-state index contributed by atoms with van der Waals surface area (Å²) in [5.41, 5.74) is 0. The van der Waals surface area contributed by atoms with E-state index in [1.807, 2.05) is 0 Å². The van der Waals surface area contributed by atoms with Gasteiger partial charge in [0.2, 0.25) is 0 Å². The average Bonchev–Trinajstić information content (AvgIpc) is 2.53. The van der Waals surface area contributed by atoms with Crippen molar-refractivity contribution in [3.05, 3.63) is 0 Å². The number of rotatable bonds is 0. The Morgan fingerprint density at radius 3 is 1.45 bits per heavy atom. The van der Waals surface area contributed by atoms with Gasteiger partial charge in [0.05, 0.1) is 0 Å². The zero-order chi connectivity index (χ0) is 15.8. The van der Waals surface area contributed by atoms with Crippen LogP contribution in [-0.2, 0) is 0 Å². The van der Waals surface area contributed by atoms with E-state index in [-0.39, 0.29) is 0 Å². The second-order valence-electron chi connectivity index (χ2n) is 7.33. The molecule has 1 saturated heterocycles. The molecule has 2 rings (SSSR count). The molecule has 5 heteroatoms. The maximum Gasteiger partial charge on any atom is 0.0221 e. The third kappa shape index (κ3) is 6.50. The Hall–Kier alpha value is -0.200. The van der Waals surface area contributed by atoms with Crippen LogP contribution in [0.2, 0.25) is 0 Å². The lowest BCUT2D eigenvalue weighted by atomic mass is 9.90. The molecular weight excluding hydrogens is 274 g/mol. The minimum Gasteiger partial charge on any atom is -0.312 e. The van der Waals surface area contributed by atoms with Crippen molar-refractivity contribution in [1.29, 1.82) is 0 Å². The van der Waals surface area contributed by atoms with Crippen LogP contribution >= 0.6 is 0 Å². The van der Waals surface area contributed by atoms with Gasteiger partial charge in [0.15, 0.2) is 0 Å². The molecule has 5 atom stereocenters. The first-order chi connectivity index (χ1) is 10.6. The lowest BCUT2D eigenvalue weighted by Crippen LogP contribution is -2.54. The zero-order valence-electron chi connectivity index (χ0n) is 14.8. The van der Waals surface area contributed by atoms with E-state index in [0.29, 0.717) is 30.2 Å². The zero-order valence-corrected chi connectivity index (χ0v) is 14.8. The highest BCUT2D eigenvalue weighted by Crippen LogP contribution is 2.18. The van der Waals surface area contributed by atoms with Crippen molar-refractivity contribution in [2.24, 2.45) is 0 Å². The van der Waals surface area contributed by atoms with Crippen LogP contribution in [0.1, 0.15) is 46.5 Å². The fraction of sp³-hybridized carbons (Fsp3) is 1.00. The number of hydrogen-bond donors (Lipinski definition) is 5. The Kier molecular flexibility index (Phi) is 8.11. The standard InChI is InChI=1S/C17H37N5/c1-13-10-20-15(3)12-22-17-7-5-4-6-16(17)21-11-14(2)19-9-8-18-13/h13-22H,4-12H2,1-3H3/t13-,14+,15+,16?,17?/m1/s1. The third-order valence-corrected chi connectivity index (χ3v) is 5.02. The smallest absolute Gasteiger partial charge is 0.0221 e. The Bertz CT molecular complexity index is 299. The predicted molar refractivity (Wildman–Crippen MR) is 94.4 cm³/mol. The average molecular weight is 312 g/mol. The largest absolute Gasteiger partial charge is 0.312 e. The summed E-state index contributed by atoms with van der Waals surface area (Å²) in [4.78, 5) is 0. The summed E-state index contributed by atoms with van der Waals surface area (Å²) < 4.78 is 0. The molecule has 130 valence electrons. The van der Waals surface area contributed by atoms with Crippen LogP contribution < -0.4 is 26.6 Å². The van der Waals surface area contributed by atoms with E-state index in [9.17, 15) is 0 Å². The van der Waals surface area contributed by atoms with Gasteiger partial charge < -0.3 is 26.6 Å². The molecule has 1 saturated carbocycles.